The Bertz CT molecular complexity index is 1500. The minimum Gasteiger partial charge on any atom is -0.496 e. The molecular weight excluding hydrogens is 764 g/mol. The summed E-state index contributed by atoms with van der Waals surface area (Å²) in [6, 6.07) is 14.1. The highest BCUT2D eigenvalue weighted by Crippen LogP contribution is 2.42. The topological polar surface area (TPSA) is 71.1 Å². The maximum atomic E-state index is 13.8. The number of Topliss-reactive ketones (excluding diaryl/α,β-unsaturated/α-hetero) is 1. The Kier molecular flexibility index (Phi) is 9.74. The van der Waals surface area contributed by atoms with Gasteiger partial charge in [0.05, 0.1) is 38.7 Å². The molecule has 6 nitrogen and oxygen atoms in total. The molecule has 0 spiro atoms. The maximum absolute atomic E-state index is 13.8. The van der Waals surface area contributed by atoms with Crippen molar-refractivity contribution in [1.29, 1.82) is 0 Å². The first-order valence-corrected chi connectivity index (χ1v) is 14.9. The van der Waals surface area contributed by atoms with Gasteiger partial charge in [-0.1, -0.05) is 19.1 Å². The summed E-state index contributed by atoms with van der Waals surface area (Å²) in [5.41, 5.74) is 1.95. The van der Waals surface area contributed by atoms with Crippen molar-refractivity contribution in [3.05, 3.63) is 94.4 Å². The summed E-state index contributed by atoms with van der Waals surface area (Å²) in [6.45, 7) is 2.58. The molecule has 0 radical (unpaired) electrons. The number of hydrogen-bond acceptors (Lipinski definition) is 6. The van der Waals surface area contributed by atoms with Crippen molar-refractivity contribution < 1.29 is 28.5 Å². The second kappa shape index (κ2) is 12.8. The molecule has 0 aromatic heterocycles. The summed E-state index contributed by atoms with van der Waals surface area (Å²) < 4.78 is 24.7. The van der Waals surface area contributed by atoms with Gasteiger partial charge in [0.1, 0.15) is 28.6 Å². The SMILES string of the molecule is CCCOc1ccc(C2=C(C(=O)c3cc(Br)c(OC)c(Br)c3)C(=O)O/C2=C\c2ccc(OC)c(Br)c2)cc1Br. The van der Waals surface area contributed by atoms with Gasteiger partial charge in [-0.2, -0.15) is 0 Å². The van der Waals surface area contributed by atoms with Crippen LogP contribution in [0, 0.1) is 0 Å². The number of esters is 1. The number of carbonyl (C=O) groups excluding carboxylic acids is 2. The lowest BCUT2D eigenvalue weighted by Crippen LogP contribution is -2.11. The summed E-state index contributed by atoms with van der Waals surface area (Å²) in [6.07, 6.45) is 2.57. The second-order valence-corrected chi connectivity index (χ2v) is 11.8. The van der Waals surface area contributed by atoms with Crippen LogP contribution in [0.15, 0.2) is 77.8 Å². The highest BCUT2D eigenvalue weighted by molar-refractivity contribution is 9.11. The number of ketones is 1. The molecule has 1 heterocycles. The second-order valence-electron chi connectivity index (χ2n) is 8.34. The number of cyclic esters (lactones) is 1. The molecule has 4 rings (SSSR count). The van der Waals surface area contributed by atoms with E-state index in [1.165, 1.54) is 7.11 Å². The van der Waals surface area contributed by atoms with E-state index in [0.717, 1.165) is 16.5 Å². The first-order valence-electron chi connectivity index (χ1n) is 11.7. The summed E-state index contributed by atoms with van der Waals surface area (Å²) >= 11 is 13.9. The Hall–Kier alpha value is -2.40. The highest BCUT2D eigenvalue weighted by atomic mass is 79.9. The van der Waals surface area contributed by atoms with Crippen molar-refractivity contribution in [1.82, 2.24) is 0 Å². The van der Waals surface area contributed by atoms with Gasteiger partial charge in [-0.3, -0.25) is 4.79 Å². The number of rotatable bonds is 9. The average Bonchev–Trinajstić information content (AvgIpc) is 3.22. The third-order valence-corrected chi connectivity index (χ3v) is 8.17. The Labute approximate surface area is 259 Å². The number of allylic oxidation sites excluding steroid dienone is 1. The summed E-state index contributed by atoms with van der Waals surface area (Å²) in [5.74, 6) is 0.884. The van der Waals surface area contributed by atoms with Gasteiger partial charge in [0.25, 0.3) is 0 Å². The van der Waals surface area contributed by atoms with Crippen LogP contribution in [0.5, 0.6) is 17.2 Å². The zero-order chi connectivity index (χ0) is 28.3. The van der Waals surface area contributed by atoms with Crippen molar-refractivity contribution in [2.45, 2.75) is 13.3 Å². The Balaban J connectivity index is 1.90. The van der Waals surface area contributed by atoms with E-state index in [1.807, 2.05) is 25.1 Å². The van der Waals surface area contributed by atoms with E-state index in [2.05, 4.69) is 63.7 Å². The Morgan fingerprint density at radius 2 is 1.54 bits per heavy atom. The molecule has 0 N–H and O–H groups in total. The third-order valence-electron chi connectivity index (χ3n) is 5.75. The molecule has 0 fully saturated rings. The van der Waals surface area contributed by atoms with E-state index in [9.17, 15) is 9.59 Å². The lowest BCUT2D eigenvalue weighted by Gasteiger charge is -2.12. The number of hydrogen-bond donors (Lipinski definition) is 0. The lowest BCUT2D eigenvalue weighted by atomic mass is 9.93. The van der Waals surface area contributed by atoms with Crippen molar-refractivity contribution in [3.63, 3.8) is 0 Å². The molecule has 0 saturated heterocycles. The normalized spacial score (nSPS) is 14.0. The van der Waals surface area contributed by atoms with E-state index in [-0.39, 0.29) is 16.9 Å². The zero-order valence-corrected chi connectivity index (χ0v) is 27.4. The molecule has 10 heteroatoms. The molecular formula is C29H22Br4O6. The van der Waals surface area contributed by atoms with E-state index < -0.39 is 11.8 Å². The van der Waals surface area contributed by atoms with Crippen molar-refractivity contribution in [2.75, 3.05) is 20.8 Å². The largest absolute Gasteiger partial charge is 0.496 e. The van der Waals surface area contributed by atoms with Gasteiger partial charge in [-0.05, 0) is 124 Å². The van der Waals surface area contributed by atoms with Crippen LogP contribution >= 0.6 is 63.7 Å². The molecule has 39 heavy (non-hydrogen) atoms. The maximum Gasteiger partial charge on any atom is 0.348 e. The van der Waals surface area contributed by atoms with Crippen LogP contribution in [0.3, 0.4) is 0 Å². The summed E-state index contributed by atoms with van der Waals surface area (Å²) in [5, 5.41) is 0. The van der Waals surface area contributed by atoms with Crippen LogP contribution < -0.4 is 14.2 Å². The molecule has 3 aromatic carbocycles. The van der Waals surface area contributed by atoms with Crippen molar-refractivity contribution >= 4 is 87.1 Å². The smallest absolute Gasteiger partial charge is 0.348 e. The third kappa shape index (κ3) is 6.34. The van der Waals surface area contributed by atoms with Gasteiger partial charge in [0.2, 0.25) is 5.78 Å². The predicted molar refractivity (Wildman–Crippen MR) is 164 cm³/mol. The molecule has 1 aliphatic rings. The van der Waals surface area contributed by atoms with Gasteiger partial charge in [-0.25, -0.2) is 4.79 Å². The molecule has 0 saturated carbocycles. The summed E-state index contributed by atoms with van der Waals surface area (Å²) in [4.78, 5) is 27.1. The molecule has 0 bridgehead atoms. The number of halogens is 4. The molecule has 0 atom stereocenters. The Morgan fingerprint density at radius 1 is 0.872 bits per heavy atom. The van der Waals surface area contributed by atoms with Crippen LogP contribution in [0.2, 0.25) is 0 Å². The Morgan fingerprint density at radius 3 is 2.13 bits per heavy atom. The monoisotopic (exact) mass is 782 g/mol. The fourth-order valence-electron chi connectivity index (χ4n) is 3.96. The van der Waals surface area contributed by atoms with Gasteiger partial charge < -0.3 is 18.9 Å². The predicted octanol–water partition coefficient (Wildman–Crippen LogP) is 8.78. The minimum absolute atomic E-state index is 0.0769. The molecule has 1 aliphatic heterocycles. The van der Waals surface area contributed by atoms with Crippen LogP contribution in [0.25, 0.3) is 11.6 Å². The van der Waals surface area contributed by atoms with Gasteiger partial charge in [0.15, 0.2) is 0 Å². The van der Waals surface area contributed by atoms with E-state index in [4.69, 9.17) is 18.9 Å². The van der Waals surface area contributed by atoms with Crippen LogP contribution in [0.1, 0.15) is 34.8 Å². The van der Waals surface area contributed by atoms with Crippen molar-refractivity contribution in [3.8, 4) is 17.2 Å². The van der Waals surface area contributed by atoms with Gasteiger partial charge in [-0.15, -0.1) is 0 Å². The van der Waals surface area contributed by atoms with Crippen molar-refractivity contribution in [2.24, 2.45) is 0 Å². The number of carbonyl (C=O) groups is 2. The number of benzene rings is 3. The molecule has 0 amide bonds. The fraction of sp³-hybridized carbons (Fsp3) is 0.172. The number of ether oxygens (including phenoxy) is 4. The summed E-state index contributed by atoms with van der Waals surface area (Å²) in [7, 11) is 3.11. The minimum atomic E-state index is -0.737. The molecule has 0 aliphatic carbocycles. The zero-order valence-electron chi connectivity index (χ0n) is 21.1. The van der Waals surface area contributed by atoms with E-state index >= 15 is 0 Å². The first-order chi connectivity index (χ1) is 18.7. The molecule has 0 unspecified atom stereocenters. The van der Waals surface area contributed by atoms with Crippen LogP contribution in [-0.4, -0.2) is 32.6 Å². The first kappa shape index (κ1) is 29.6. The van der Waals surface area contributed by atoms with Crippen LogP contribution in [-0.2, 0) is 9.53 Å². The molecule has 3 aromatic rings. The fourth-order valence-corrected chi connectivity index (χ4v) is 6.52. The van der Waals surface area contributed by atoms with E-state index in [1.54, 1.807) is 43.5 Å². The van der Waals surface area contributed by atoms with E-state index in [0.29, 0.717) is 48.4 Å². The van der Waals surface area contributed by atoms with Crippen LogP contribution in [0.4, 0.5) is 0 Å². The van der Waals surface area contributed by atoms with Gasteiger partial charge >= 0.3 is 5.97 Å². The average molecular weight is 786 g/mol. The highest BCUT2D eigenvalue weighted by Gasteiger charge is 2.36. The van der Waals surface area contributed by atoms with Gasteiger partial charge in [0, 0.05) is 11.1 Å². The lowest BCUT2D eigenvalue weighted by molar-refractivity contribution is -0.132. The quantitative estimate of drug-likeness (QED) is 0.123. The standard InChI is InChI=1S/C29H22Br4O6/c1-4-9-38-23-8-6-16(12-19(23)31)25-24(11-15-5-7-22(36-2)18(30)10-15)39-29(35)26(25)27(34)17-13-20(32)28(37-3)21(33)14-17/h5-8,10-14H,4,9H2,1-3H3/b24-11-. The molecule has 202 valence electrons. The number of methoxy groups -OCH3 is 2.